The summed E-state index contributed by atoms with van der Waals surface area (Å²) in [5.41, 5.74) is 7.58. The van der Waals surface area contributed by atoms with E-state index in [0.29, 0.717) is 12.0 Å². The molecule has 3 N–H and O–H groups in total. The van der Waals surface area contributed by atoms with Crippen molar-refractivity contribution in [1.82, 2.24) is 21.1 Å². The molecule has 4 rings (SSSR count). The lowest BCUT2D eigenvalue weighted by Gasteiger charge is -2.39. The van der Waals surface area contributed by atoms with E-state index in [2.05, 4.69) is 16.2 Å². The molecule has 3 heterocycles. The number of fused-ring (bicyclic) bond motifs is 1. The van der Waals surface area contributed by atoms with Crippen LogP contribution in [-0.2, 0) is 4.79 Å². The zero-order valence-corrected chi connectivity index (χ0v) is 13.8. The molecule has 130 valence electrons. The normalized spacial score (nSPS) is 33.3. The molecule has 0 saturated carbocycles. The molecule has 3 saturated heterocycles. The van der Waals surface area contributed by atoms with E-state index in [1.165, 1.54) is 12.1 Å². The number of piperidine rings is 2. The highest BCUT2D eigenvalue weighted by Gasteiger charge is 2.44. The Morgan fingerprint density at radius 1 is 1.12 bits per heavy atom. The van der Waals surface area contributed by atoms with Gasteiger partial charge in [0.05, 0.1) is 6.04 Å². The number of halogens is 1. The quantitative estimate of drug-likeness (QED) is 0.765. The van der Waals surface area contributed by atoms with E-state index in [9.17, 15) is 9.18 Å². The monoisotopic (exact) mass is 332 g/mol. The molecule has 24 heavy (non-hydrogen) atoms. The number of hydrazine groups is 1. The molecule has 0 aromatic heterocycles. The van der Waals surface area contributed by atoms with Crippen LogP contribution in [-0.4, -0.2) is 42.5 Å². The predicted molar refractivity (Wildman–Crippen MR) is 89.5 cm³/mol. The first-order valence-corrected chi connectivity index (χ1v) is 9.02. The van der Waals surface area contributed by atoms with E-state index in [4.69, 9.17) is 0 Å². The number of benzene rings is 1. The molecule has 6 heteroatoms. The first-order valence-electron chi connectivity index (χ1n) is 9.02. The standard InChI is InChI=1S/C18H25FN4O/c19-13-6-4-12(5-7-13)16-3-1-2-10-23(16)18(24)17-14-11-20-9-8-15(14)21-22-17/h4-7,14-17,20-22H,1-3,8-11H2. The van der Waals surface area contributed by atoms with Gasteiger partial charge in [-0.1, -0.05) is 12.1 Å². The summed E-state index contributed by atoms with van der Waals surface area (Å²) >= 11 is 0. The van der Waals surface area contributed by atoms with Gasteiger partial charge in [-0.2, -0.15) is 0 Å². The first kappa shape index (κ1) is 16.0. The fourth-order valence-corrected chi connectivity index (χ4v) is 4.37. The lowest BCUT2D eigenvalue weighted by Crippen LogP contribution is -2.52. The maximum atomic E-state index is 13.2. The Balaban J connectivity index is 1.54. The third-order valence-corrected chi connectivity index (χ3v) is 5.69. The molecule has 0 bridgehead atoms. The van der Waals surface area contributed by atoms with Crippen LogP contribution in [0.5, 0.6) is 0 Å². The Morgan fingerprint density at radius 3 is 2.79 bits per heavy atom. The number of likely N-dealkylation sites (tertiary alicyclic amines) is 1. The molecule has 3 aliphatic heterocycles. The molecule has 1 aromatic rings. The number of hydrogen-bond acceptors (Lipinski definition) is 4. The molecule has 3 fully saturated rings. The number of carbonyl (C=O) groups excluding carboxylic acids is 1. The van der Waals surface area contributed by atoms with E-state index in [0.717, 1.165) is 50.9 Å². The van der Waals surface area contributed by atoms with Gasteiger partial charge in [0.15, 0.2) is 0 Å². The Morgan fingerprint density at radius 2 is 1.96 bits per heavy atom. The Hall–Kier alpha value is -1.50. The molecule has 1 amide bonds. The van der Waals surface area contributed by atoms with Crippen LogP contribution in [0.3, 0.4) is 0 Å². The fourth-order valence-electron chi connectivity index (χ4n) is 4.37. The highest BCUT2D eigenvalue weighted by atomic mass is 19.1. The van der Waals surface area contributed by atoms with Crippen LogP contribution in [0.25, 0.3) is 0 Å². The maximum absolute atomic E-state index is 13.2. The number of hydrogen-bond donors (Lipinski definition) is 3. The zero-order chi connectivity index (χ0) is 16.5. The lowest BCUT2D eigenvalue weighted by molar-refractivity contribution is -0.138. The van der Waals surface area contributed by atoms with Crippen LogP contribution in [0.4, 0.5) is 4.39 Å². The number of amides is 1. The topological polar surface area (TPSA) is 56.4 Å². The molecule has 1 aromatic carbocycles. The van der Waals surface area contributed by atoms with Crippen molar-refractivity contribution in [2.45, 2.75) is 43.8 Å². The van der Waals surface area contributed by atoms with Gasteiger partial charge < -0.3 is 10.2 Å². The van der Waals surface area contributed by atoms with Gasteiger partial charge in [0.2, 0.25) is 5.91 Å². The minimum absolute atomic E-state index is 0.0595. The Kier molecular flexibility index (Phi) is 4.52. The first-order chi connectivity index (χ1) is 11.7. The second-order valence-electron chi connectivity index (χ2n) is 7.12. The number of nitrogens with zero attached hydrogens (tertiary/aromatic N) is 1. The average molecular weight is 332 g/mol. The summed E-state index contributed by atoms with van der Waals surface area (Å²) in [5.74, 6) is 0.236. The summed E-state index contributed by atoms with van der Waals surface area (Å²) in [7, 11) is 0. The van der Waals surface area contributed by atoms with E-state index < -0.39 is 0 Å². The van der Waals surface area contributed by atoms with Gasteiger partial charge >= 0.3 is 0 Å². The smallest absolute Gasteiger partial charge is 0.241 e. The zero-order valence-electron chi connectivity index (χ0n) is 13.8. The highest BCUT2D eigenvalue weighted by molar-refractivity contribution is 5.83. The van der Waals surface area contributed by atoms with Gasteiger partial charge in [-0.3, -0.25) is 10.2 Å². The summed E-state index contributed by atoms with van der Waals surface area (Å²) in [4.78, 5) is 15.2. The molecule has 3 aliphatic rings. The SMILES string of the molecule is O=C(C1NNC2CCNCC21)N1CCCCC1c1ccc(F)cc1. The third kappa shape index (κ3) is 2.94. The minimum Gasteiger partial charge on any atom is -0.334 e. The summed E-state index contributed by atoms with van der Waals surface area (Å²) in [6.07, 6.45) is 4.14. The summed E-state index contributed by atoms with van der Waals surface area (Å²) in [5, 5.41) is 3.40. The number of carbonyl (C=O) groups is 1. The van der Waals surface area contributed by atoms with Gasteiger partial charge in [-0.15, -0.1) is 0 Å². The molecule has 4 unspecified atom stereocenters. The van der Waals surface area contributed by atoms with Gasteiger partial charge in [-0.25, -0.2) is 9.82 Å². The van der Waals surface area contributed by atoms with Gasteiger partial charge in [0.1, 0.15) is 11.9 Å². The summed E-state index contributed by atoms with van der Waals surface area (Å²) < 4.78 is 13.2. The maximum Gasteiger partial charge on any atom is 0.241 e. The average Bonchev–Trinajstić information content (AvgIpc) is 3.06. The minimum atomic E-state index is -0.231. The second-order valence-corrected chi connectivity index (χ2v) is 7.12. The summed E-state index contributed by atoms with van der Waals surface area (Å²) in [6, 6.07) is 6.86. The largest absolute Gasteiger partial charge is 0.334 e. The molecular formula is C18H25FN4O. The molecule has 0 aliphatic carbocycles. The van der Waals surface area contributed by atoms with Gasteiger partial charge in [0.25, 0.3) is 0 Å². The number of nitrogens with one attached hydrogen (secondary N) is 3. The molecule has 4 atom stereocenters. The van der Waals surface area contributed by atoms with Crippen LogP contribution in [0, 0.1) is 11.7 Å². The van der Waals surface area contributed by atoms with Crippen molar-refractivity contribution in [2.75, 3.05) is 19.6 Å². The second kappa shape index (κ2) is 6.78. The highest BCUT2D eigenvalue weighted by Crippen LogP contribution is 2.33. The Labute approximate surface area is 141 Å². The van der Waals surface area contributed by atoms with Crippen LogP contribution >= 0.6 is 0 Å². The van der Waals surface area contributed by atoms with Crippen molar-refractivity contribution in [3.63, 3.8) is 0 Å². The lowest BCUT2D eigenvalue weighted by atomic mass is 9.87. The van der Waals surface area contributed by atoms with Crippen molar-refractivity contribution in [1.29, 1.82) is 0 Å². The number of rotatable bonds is 2. The van der Waals surface area contributed by atoms with Crippen LogP contribution in [0.1, 0.15) is 37.3 Å². The Bertz CT molecular complexity index is 593. The van der Waals surface area contributed by atoms with E-state index >= 15 is 0 Å². The van der Waals surface area contributed by atoms with Gasteiger partial charge in [0, 0.05) is 25.0 Å². The molecule has 0 spiro atoms. The van der Waals surface area contributed by atoms with Crippen LogP contribution in [0.15, 0.2) is 24.3 Å². The van der Waals surface area contributed by atoms with E-state index in [1.807, 2.05) is 17.0 Å². The van der Waals surface area contributed by atoms with Gasteiger partial charge in [-0.05, 0) is 49.9 Å². The predicted octanol–water partition coefficient (Wildman–Crippen LogP) is 1.33. The third-order valence-electron chi connectivity index (χ3n) is 5.69. The van der Waals surface area contributed by atoms with Crippen LogP contribution in [0.2, 0.25) is 0 Å². The van der Waals surface area contributed by atoms with Crippen molar-refractivity contribution < 1.29 is 9.18 Å². The van der Waals surface area contributed by atoms with Crippen molar-refractivity contribution in [3.05, 3.63) is 35.6 Å². The molecule has 5 nitrogen and oxygen atoms in total. The van der Waals surface area contributed by atoms with Crippen molar-refractivity contribution in [3.8, 4) is 0 Å². The fraction of sp³-hybridized carbons (Fsp3) is 0.611. The summed E-state index contributed by atoms with van der Waals surface area (Å²) in [6.45, 7) is 2.65. The van der Waals surface area contributed by atoms with Crippen LogP contribution < -0.4 is 16.2 Å². The van der Waals surface area contributed by atoms with Crippen molar-refractivity contribution >= 4 is 5.91 Å². The van der Waals surface area contributed by atoms with Crippen molar-refractivity contribution in [2.24, 2.45) is 5.92 Å². The van der Waals surface area contributed by atoms with E-state index in [1.54, 1.807) is 0 Å². The molecular weight excluding hydrogens is 307 g/mol. The van der Waals surface area contributed by atoms with E-state index in [-0.39, 0.29) is 23.8 Å². The molecule has 0 radical (unpaired) electrons.